The van der Waals surface area contributed by atoms with Gasteiger partial charge in [0, 0.05) is 0 Å². The zero-order chi connectivity index (χ0) is 6.12. The van der Waals surface area contributed by atoms with Crippen molar-refractivity contribution in [2.24, 2.45) is 0 Å². The van der Waals surface area contributed by atoms with Crippen molar-refractivity contribution in [3.63, 3.8) is 0 Å². The summed E-state index contributed by atoms with van der Waals surface area (Å²) in [4.78, 5) is 11.9. The summed E-state index contributed by atoms with van der Waals surface area (Å²) in [6, 6.07) is 0. The van der Waals surface area contributed by atoms with Crippen LogP contribution in [0, 0.1) is 6.57 Å². The highest BCUT2D eigenvalue weighted by Crippen LogP contribution is 1.50. The third-order valence-corrected chi connectivity index (χ3v) is 0.166. The molecule has 0 aliphatic heterocycles. The van der Waals surface area contributed by atoms with E-state index in [-0.39, 0.29) is 6.54 Å². The Hall–Kier alpha value is -0.840. The second kappa shape index (κ2) is 19.1. The van der Waals surface area contributed by atoms with Gasteiger partial charge in [0.2, 0.25) is 0 Å². The van der Waals surface area contributed by atoms with Crippen LogP contribution in [0.1, 0.15) is 13.8 Å². The topological polar surface area (TPSA) is 21.4 Å². The Morgan fingerprint density at radius 2 is 2.14 bits per heavy atom. The highest BCUT2D eigenvalue weighted by atomic mass is 16.1. The van der Waals surface area contributed by atoms with Gasteiger partial charge in [-0.3, -0.25) is 4.79 Å². The van der Waals surface area contributed by atoms with E-state index >= 15 is 0 Å². The largest absolute Gasteiger partial charge is 0.309 e. The van der Waals surface area contributed by atoms with Gasteiger partial charge in [-0.25, -0.2) is 6.57 Å². The van der Waals surface area contributed by atoms with E-state index in [2.05, 4.69) is 4.85 Å². The lowest BCUT2D eigenvalue weighted by atomic mass is 10.8. The summed E-state index contributed by atoms with van der Waals surface area (Å²) < 4.78 is 0. The number of hydrogen-bond acceptors (Lipinski definition) is 1. The Morgan fingerprint density at radius 3 is 2.14 bits per heavy atom. The molecule has 0 amide bonds. The summed E-state index contributed by atoms with van der Waals surface area (Å²) >= 11 is 0. The number of carbonyl (C=O) groups excluding carboxylic acids is 1. The molecule has 0 unspecified atom stereocenters. The molecule has 7 heavy (non-hydrogen) atoms. The molecule has 0 aromatic carbocycles. The van der Waals surface area contributed by atoms with Crippen LogP contribution in [0.4, 0.5) is 0 Å². The molecule has 2 heteroatoms. The highest BCUT2D eigenvalue weighted by Gasteiger charge is 1.66. The van der Waals surface area contributed by atoms with Gasteiger partial charge >= 0.3 is 0 Å². The summed E-state index contributed by atoms with van der Waals surface area (Å²) in [5.74, 6) is 0. The van der Waals surface area contributed by atoms with Crippen LogP contribution in [0.25, 0.3) is 4.85 Å². The maximum atomic E-state index is 9.19. The molecule has 0 N–H and O–H groups in total. The second-order valence-electron chi connectivity index (χ2n) is 0.507. The first kappa shape index (κ1) is 9.48. The molecule has 0 aliphatic rings. The zero-order valence-corrected chi connectivity index (χ0v) is 4.64. The summed E-state index contributed by atoms with van der Waals surface area (Å²) in [6.45, 7) is 10.00. The van der Waals surface area contributed by atoms with Crippen molar-refractivity contribution in [1.29, 1.82) is 0 Å². The fourth-order valence-electron chi connectivity index (χ4n) is 0.0373. The molecule has 0 aromatic rings. The molecule has 0 spiro atoms. The van der Waals surface area contributed by atoms with Crippen molar-refractivity contribution in [2.45, 2.75) is 13.8 Å². The van der Waals surface area contributed by atoms with Gasteiger partial charge in [0.1, 0.15) is 0 Å². The maximum absolute atomic E-state index is 9.19. The first-order chi connectivity index (χ1) is 3.41. The Bertz CT molecular complexity index is 63.0. The number of rotatable bonds is 1. The first-order valence-electron chi connectivity index (χ1n) is 2.18. The number of aldehydes is 1. The number of hydrogen-bond donors (Lipinski definition) is 0. The minimum Gasteiger partial charge on any atom is -0.309 e. The van der Waals surface area contributed by atoms with Crippen LogP contribution in [0.2, 0.25) is 0 Å². The molecule has 40 valence electrons. The minimum absolute atomic E-state index is 0. The summed E-state index contributed by atoms with van der Waals surface area (Å²) in [5, 5.41) is 0. The highest BCUT2D eigenvalue weighted by molar-refractivity contribution is 5.53. The lowest BCUT2D eigenvalue weighted by Crippen LogP contribution is -1.69. The van der Waals surface area contributed by atoms with Crippen LogP contribution in [0.5, 0.6) is 0 Å². The molecular formula is C5H9NO. The summed E-state index contributed by atoms with van der Waals surface area (Å²) in [6.07, 6.45) is 0.576. The summed E-state index contributed by atoms with van der Waals surface area (Å²) in [5.41, 5.74) is 0. The van der Waals surface area contributed by atoms with E-state index < -0.39 is 0 Å². The molecule has 0 heterocycles. The average Bonchev–Trinajstić information content (AvgIpc) is 1.75. The van der Waals surface area contributed by atoms with Gasteiger partial charge < -0.3 is 4.85 Å². The fourth-order valence-corrected chi connectivity index (χ4v) is 0.0373. The second-order valence-corrected chi connectivity index (χ2v) is 0.507. The quantitative estimate of drug-likeness (QED) is 0.356. The van der Waals surface area contributed by atoms with Crippen molar-refractivity contribution in [3.8, 4) is 0 Å². The van der Waals surface area contributed by atoms with Gasteiger partial charge in [0.25, 0.3) is 6.54 Å². The van der Waals surface area contributed by atoms with Crippen molar-refractivity contribution < 1.29 is 4.79 Å². The van der Waals surface area contributed by atoms with Crippen LogP contribution in [-0.4, -0.2) is 12.8 Å². The van der Waals surface area contributed by atoms with E-state index in [0.717, 1.165) is 0 Å². The lowest BCUT2D eigenvalue weighted by molar-refractivity contribution is -0.106. The Kier molecular flexibility index (Phi) is 25.9. The molecule has 0 saturated carbocycles. The Morgan fingerprint density at radius 1 is 1.71 bits per heavy atom. The number of carbonyl (C=O) groups is 1. The lowest BCUT2D eigenvalue weighted by Gasteiger charge is -1.53. The van der Waals surface area contributed by atoms with Crippen molar-refractivity contribution in [2.75, 3.05) is 6.54 Å². The predicted octanol–water partition coefficient (Wildman–Crippen LogP) is 1.13. The summed E-state index contributed by atoms with van der Waals surface area (Å²) in [7, 11) is 0. The van der Waals surface area contributed by atoms with E-state index in [1.807, 2.05) is 13.8 Å². The Labute approximate surface area is 44.0 Å². The van der Waals surface area contributed by atoms with Crippen molar-refractivity contribution in [1.82, 2.24) is 0 Å². The molecule has 2 nitrogen and oxygen atoms in total. The van der Waals surface area contributed by atoms with Gasteiger partial charge in [-0.2, -0.15) is 0 Å². The van der Waals surface area contributed by atoms with Gasteiger partial charge in [-0.05, 0) is 0 Å². The molecule has 0 bridgehead atoms. The van der Waals surface area contributed by atoms with E-state index in [0.29, 0.717) is 6.29 Å². The van der Waals surface area contributed by atoms with Gasteiger partial charge in [0.05, 0.1) is 0 Å². The molecular weight excluding hydrogens is 90.1 g/mol. The van der Waals surface area contributed by atoms with Crippen LogP contribution in [-0.2, 0) is 4.79 Å². The van der Waals surface area contributed by atoms with Crippen molar-refractivity contribution >= 4 is 6.29 Å². The third-order valence-electron chi connectivity index (χ3n) is 0.166. The van der Waals surface area contributed by atoms with Gasteiger partial charge in [0.15, 0.2) is 6.29 Å². The first-order valence-corrected chi connectivity index (χ1v) is 2.18. The van der Waals surface area contributed by atoms with Crippen LogP contribution >= 0.6 is 0 Å². The smallest absolute Gasteiger partial charge is 0.269 e. The minimum atomic E-state index is 0. The molecule has 0 fully saturated rings. The average molecular weight is 99.1 g/mol. The van der Waals surface area contributed by atoms with Crippen LogP contribution < -0.4 is 0 Å². The molecule has 0 aliphatic carbocycles. The Balaban J connectivity index is 0. The van der Waals surface area contributed by atoms with Crippen LogP contribution in [0.15, 0.2) is 0 Å². The maximum Gasteiger partial charge on any atom is 0.269 e. The monoisotopic (exact) mass is 99.1 g/mol. The van der Waals surface area contributed by atoms with Gasteiger partial charge in [-0.15, -0.1) is 0 Å². The van der Waals surface area contributed by atoms with E-state index in [1.165, 1.54) is 0 Å². The molecule has 0 saturated heterocycles. The third kappa shape index (κ3) is 38.3. The fraction of sp³-hybridized carbons (Fsp3) is 0.600. The van der Waals surface area contributed by atoms with Crippen LogP contribution in [0.3, 0.4) is 0 Å². The standard InChI is InChI=1S/C3H3NO.C2H6/c1-4-2-3-5;1-2/h3H,2H2;1-2H3. The molecule has 0 atom stereocenters. The molecule has 0 rings (SSSR count). The predicted molar refractivity (Wildman–Crippen MR) is 28.9 cm³/mol. The van der Waals surface area contributed by atoms with E-state index in [9.17, 15) is 4.79 Å². The van der Waals surface area contributed by atoms with E-state index in [4.69, 9.17) is 6.57 Å². The van der Waals surface area contributed by atoms with E-state index in [1.54, 1.807) is 0 Å². The van der Waals surface area contributed by atoms with Gasteiger partial charge in [-0.1, -0.05) is 13.8 Å². The number of nitrogens with zero attached hydrogens (tertiary/aromatic N) is 1. The molecule has 0 radical (unpaired) electrons. The normalized spacial score (nSPS) is 4.71. The SMILES string of the molecule is CC.[C-]#[N+]CC=O. The van der Waals surface area contributed by atoms with Crippen molar-refractivity contribution in [3.05, 3.63) is 11.4 Å². The molecule has 0 aromatic heterocycles. The zero-order valence-electron chi connectivity index (χ0n) is 4.64.